The van der Waals surface area contributed by atoms with Crippen LogP contribution in [0, 0.1) is 0 Å². The first-order valence-corrected chi connectivity index (χ1v) is 6.58. The molecule has 1 aromatic rings. The molecule has 18 heavy (non-hydrogen) atoms. The SMILES string of the molecule is CCc1ccc(N2CCC[C@](O)(COC)C2)cn1. The van der Waals surface area contributed by atoms with Gasteiger partial charge < -0.3 is 14.7 Å². The zero-order valence-corrected chi connectivity index (χ0v) is 11.2. The Kier molecular flexibility index (Phi) is 4.19. The van der Waals surface area contributed by atoms with Gasteiger partial charge in [0.05, 0.1) is 18.5 Å². The minimum Gasteiger partial charge on any atom is -0.386 e. The van der Waals surface area contributed by atoms with E-state index in [-0.39, 0.29) is 0 Å². The van der Waals surface area contributed by atoms with Crippen molar-refractivity contribution in [3.05, 3.63) is 24.0 Å². The second kappa shape index (κ2) is 5.67. The smallest absolute Gasteiger partial charge is 0.105 e. The molecule has 4 heteroatoms. The maximum Gasteiger partial charge on any atom is 0.105 e. The molecular weight excluding hydrogens is 228 g/mol. The Morgan fingerprint density at radius 2 is 2.33 bits per heavy atom. The van der Waals surface area contributed by atoms with Gasteiger partial charge in [0.2, 0.25) is 0 Å². The van der Waals surface area contributed by atoms with Crippen molar-refractivity contribution in [3.8, 4) is 0 Å². The maximum atomic E-state index is 10.4. The van der Waals surface area contributed by atoms with E-state index < -0.39 is 5.60 Å². The maximum absolute atomic E-state index is 10.4. The molecule has 1 fully saturated rings. The number of aromatic nitrogens is 1. The van der Waals surface area contributed by atoms with E-state index in [2.05, 4.69) is 28.9 Å². The van der Waals surface area contributed by atoms with E-state index in [1.807, 2.05) is 6.20 Å². The Bertz CT molecular complexity index is 376. The topological polar surface area (TPSA) is 45.6 Å². The van der Waals surface area contributed by atoms with Gasteiger partial charge >= 0.3 is 0 Å². The Balaban J connectivity index is 2.07. The van der Waals surface area contributed by atoms with E-state index in [0.29, 0.717) is 13.2 Å². The highest BCUT2D eigenvalue weighted by Crippen LogP contribution is 2.25. The molecule has 100 valence electrons. The predicted octanol–water partition coefficient (Wildman–Crippen LogP) is 1.62. The molecule has 1 N–H and O–H groups in total. The van der Waals surface area contributed by atoms with Gasteiger partial charge in [-0.1, -0.05) is 6.92 Å². The summed E-state index contributed by atoms with van der Waals surface area (Å²) in [5.41, 5.74) is 1.46. The molecule has 0 radical (unpaired) electrons. The summed E-state index contributed by atoms with van der Waals surface area (Å²) in [5, 5.41) is 10.4. The van der Waals surface area contributed by atoms with Crippen LogP contribution in [0.5, 0.6) is 0 Å². The summed E-state index contributed by atoms with van der Waals surface area (Å²) in [6, 6.07) is 4.14. The third kappa shape index (κ3) is 3.00. The Labute approximate surface area is 109 Å². The van der Waals surface area contributed by atoms with Gasteiger partial charge in [0, 0.05) is 25.9 Å². The summed E-state index contributed by atoms with van der Waals surface area (Å²) in [4.78, 5) is 6.60. The van der Waals surface area contributed by atoms with Gasteiger partial charge in [-0.3, -0.25) is 4.98 Å². The fraction of sp³-hybridized carbons (Fsp3) is 0.643. The largest absolute Gasteiger partial charge is 0.386 e. The lowest BCUT2D eigenvalue weighted by Crippen LogP contribution is -2.51. The molecule has 1 aromatic heterocycles. The van der Waals surface area contributed by atoms with Crippen molar-refractivity contribution in [2.75, 3.05) is 31.7 Å². The average Bonchev–Trinajstić information content (AvgIpc) is 2.39. The molecule has 0 amide bonds. The van der Waals surface area contributed by atoms with E-state index in [4.69, 9.17) is 4.74 Å². The quantitative estimate of drug-likeness (QED) is 0.882. The van der Waals surface area contributed by atoms with Crippen molar-refractivity contribution in [1.29, 1.82) is 0 Å². The number of β-amino-alcohol motifs (C(OH)–C–C–N with tert-alkyl or cyclic N) is 1. The van der Waals surface area contributed by atoms with Crippen LogP contribution in [0.15, 0.2) is 18.3 Å². The van der Waals surface area contributed by atoms with Crippen LogP contribution in [-0.2, 0) is 11.2 Å². The average molecular weight is 250 g/mol. The Morgan fingerprint density at radius 3 is 2.94 bits per heavy atom. The van der Waals surface area contributed by atoms with Crippen molar-refractivity contribution in [2.24, 2.45) is 0 Å². The summed E-state index contributed by atoms with van der Waals surface area (Å²) in [6.45, 7) is 4.08. The third-order valence-electron chi connectivity index (χ3n) is 3.50. The number of nitrogens with zero attached hydrogens (tertiary/aromatic N) is 2. The molecule has 2 rings (SSSR count). The highest BCUT2D eigenvalue weighted by atomic mass is 16.5. The molecule has 1 atom stereocenters. The summed E-state index contributed by atoms with van der Waals surface area (Å²) < 4.78 is 5.11. The molecule has 1 saturated heterocycles. The normalized spacial score (nSPS) is 24.3. The number of rotatable bonds is 4. The highest BCUT2D eigenvalue weighted by molar-refractivity contribution is 5.45. The zero-order chi connectivity index (χ0) is 13.0. The van der Waals surface area contributed by atoms with Crippen molar-refractivity contribution in [1.82, 2.24) is 4.98 Å². The standard InChI is InChI=1S/C14H22N2O2/c1-3-12-5-6-13(9-15-12)16-8-4-7-14(17,10-16)11-18-2/h5-6,9,17H,3-4,7-8,10-11H2,1-2H3/t14-/m1/s1. The number of aliphatic hydroxyl groups is 1. The van der Waals surface area contributed by atoms with Crippen LogP contribution in [0.1, 0.15) is 25.5 Å². The molecule has 0 spiro atoms. The zero-order valence-electron chi connectivity index (χ0n) is 11.2. The minimum absolute atomic E-state index is 0.393. The van der Waals surface area contributed by atoms with Crippen molar-refractivity contribution in [3.63, 3.8) is 0 Å². The number of ether oxygens (including phenoxy) is 1. The van der Waals surface area contributed by atoms with E-state index in [0.717, 1.165) is 37.2 Å². The lowest BCUT2D eigenvalue weighted by molar-refractivity contribution is -0.0393. The van der Waals surface area contributed by atoms with E-state index in [1.165, 1.54) is 0 Å². The third-order valence-corrected chi connectivity index (χ3v) is 3.50. The number of hydrogen-bond acceptors (Lipinski definition) is 4. The number of aryl methyl sites for hydroxylation is 1. The van der Waals surface area contributed by atoms with Crippen LogP contribution in [-0.4, -0.2) is 42.5 Å². The lowest BCUT2D eigenvalue weighted by Gasteiger charge is -2.39. The highest BCUT2D eigenvalue weighted by Gasteiger charge is 2.33. The molecule has 0 aromatic carbocycles. The molecule has 1 aliphatic rings. The van der Waals surface area contributed by atoms with Gasteiger partial charge in [0.15, 0.2) is 0 Å². The summed E-state index contributed by atoms with van der Waals surface area (Å²) in [5.74, 6) is 0. The summed E-state index contributed by atoms with van der Waals surface area (Å²) in [6.07, 6.45) is 4.64. The van der Waals surface area contributed by atoms with Gasteiger partial charge in [-0.05, 0) is 31.4 Å². The van der Waals surface area contributed by atoms with Gasteiger partial charge in [-0.15, -0.1) is 0 Å². The monoisotopic (exact) mass is 250 g/mol. The van der Waals surface area contributed by atoms with E-state index >= 15 is 0 Å². The minimum atomic E-state index is -0.726. The molecule has 1 aliphatic heterocycles. The first kappa shape index (κ1) is 13.3. The fourth-order valence-corrected chi connectivity index (χ4v) is 2.53. The van der Waals surface area contributed by atoms with E-state index in [9.17, 15) is 5.11 Å². The number of piperidine rings is 1. The molecule has 0 saturated carbocycles. The number of pyridine rings is 1. The second-order valence-corrected chi connectivity index (χ2v) is 5.04. The van der Waals surface area contributed by atoms with Crippen LogP contribution < -0.4 is 4.90 Å². The van der Waals surface area contributed by atoms with Crippen molar-refractivity contribution in [2.45, 2.75) is 31.8 Å². The lowest BCUT2D eigenvalue weighted by atomic mass is 9.93. The summed E-state index contributed by atoms with van der Waals surface area (Å²) in [7, 11) is 1.63. The van der Waals surface area contributed by atoms with Gasteiger partial charge in [-0.2, -0.15) is 0 Å². The first-order valence-electron chi connectivity index (χ1n) is 6.58. The van der Waals surface area contributed by atoms with Gasteiger partial charge in [-0.25, -0.2) is 0 Å². The van der Waals surface area contributed by atoms with Crippen LogP contribution >= 0.6 is 0 Å². The molecule has 0 bridgehead atoms. The van der Waals surface area contributed by atoms with Crippen LogP contribution in [0.3, 0.4) is 0 Å². The summed E-state index contributed by atoms with van der Waals surface area (Å²) >= 11 is 0. The molecule has 4 nitrogen and oxygen atoms in total. The Hall–Kier alpha value is -1.13. The van der Waals surface area contributed by atoms with Gasteiger partial charge in [0.1, 0.15) is 5.60 Å². The molecule has 2 heterocycles. The van der Waals surface area contributed by atoms with Gasteiger partial charge in [0.25, 0.3) is 0 Å². The Morgan fingerprint density at radius 1 is 1.50 bits per heavy atom. The van der Waals surface area contributed by atoms with Crippen molar-refractivity contribution >= 4 is 5.69 Å². The fourth-order valence-electron chi connectivity index (χ4n) is 2.53. The number of hydrogen-bond donors (Lipinski definition) is 1. The molecule has 0 unspecified atom stereocenters. The number of methoxy groups -OCH3 is 1. The van der Waals surface area contributed by atoms with Crippen LogP contribution in [0.4, 0.5) is 5.69 Å². The number of anilines is 1. The first-order chi connectivity index (χ1) is 8.67. The molecule has 0 aliphatic carbocycles. The molecular formula is C14H22N2O2. The van der Waals surface area contributed by atoms with Crippen molar-refractivity contribution < 1.29 is 9.84 Å². The van der Waals surface area contributed by atoms with Crippen LogP contribution in [0.2, 0.25) is 0 Å². The second-order valence-electron chi connectivity index (χ2n) is 5.04. The van der Waals surface area contributed by atoms with E-state index in [1.54, 1.807) is 7.11 Å². The van der Waals surface area contributed by atoms with Crippen LogP contribution in [0.25, 0.3) is 0 Å². The predicted molar refractivity (Wildman–Crippen MR) is 71.9 cm³/mol.